The van der Waals surface area contributed by atoms with Crippen LogP contribution in [-0.4, -0.2) is 37.2 Å². The molecule has 25 heavy (non-hydrogen) atoms. The third-order valence-corrected chi connectivity index (χ3v) is 5.60. The van der Waals surface area contributed by atoms with Gasteiger partial charge in [-0.25, -0.2) is 4.79 Å². The first-order chi connectivity index (χ1) is 12.1. The number of rotatable bonds is 3. The molecule has 7 heteroatoms. The molecule has 0 aliphatic carbocycles. The fourth-order valence-electron chi connectivity index (χ4n) is 3.50. The second-order valence-corrected chi connectivity index (χ2v) is 6.97. The summed E-state index contributed by atoms with van der Waals surface area (Å²) >= 11 is 1.58. The fourth-order valence-corrected chi connectivity index (χ4v) is 4.34. The van der Waals surface area contributed by atoms with Crippen LogP contribution in [0.3, 0.4) is 0 Å². The highest BCUT2D eigenvalue weighted by Crippen LogP contribution is 2.43. The Balaban J connectivity index is 1.74. The number of anilines is 1. The van der Waals surface area contributed by atoms with Crippen molar-refractivity contribution in [3.63, 3.8) is 0 Å². The zero-order valence-corrected chi connectivity index (χ0v) is 14.5. The summed E-state index contributed by atoms with van der Waals surface area (Å²) in [5.74, 6) is -0.780. The predicted molar refractivity (Wildman–Crippen MR) is 93.4 cm³/mol. The van der Waals surface area contributed by atoms with Gasteiger partial charge in [-0.05, 0) is 23.2 Å². The minimum atomic E-state index is -0.985. The molecule has 1 atom stereocenters. The summed E-state index contributed by atoms with van der Waals surface area (Å²) in [7, 11) is 1.37. The highest BCUT2D eigenvalue weighted by atomic mass is 32.1. The second-order valence-electron chi connectivity index (χ2n) is 6.22. The topological polar surface area (TPSA) is 76.1 Å². The van der Waals surface area contributed by atoms with Gasteiger partial charge in [-0.15, -0.1) is 0 Å². The molecule has 0 unspecified atom stereocenters. The first kappa shape index (κ1) is 16.0. The van der Waals surface area contributed by atoms with Gasteiger partial charge in [-0.1, -0.05) is 0 Å². The van der Waals surface area contributed by atoms with Crippen LogP contribution in [0.25, 0.3) is 11.1 Å². The molecule has 1 aromatic heterocycles. The quantitative estimate of drug-likeness (QED) is 0.849. The minimum Gasteiger partial charge on any atom is -0.488 e. The Kier molecular flexibility index (Phi) is 3.88. The largest absolute Gasteiger partial charge is 0.488 e. The molecule has 1 aromatic carbocycles. The van der Waals surface area contributed by atoms with Crippen molar-refractivity contribution in [1.82, 2.24) is 0 Å². The highest BCUT2D eigenvalue weighted by molar-refractivity contribution is 7.08. The van der Waals surface area contributed by atoms with Crippen LogP contribution in [0, 0.1) is 5.92 Å². The van der Waals surface area contributed by atoms with Crippen LogP contribution in [0.1, 0.15) is 22.3 Å². The predicted octanol–water partition coefficient (Wildman–Crippen LogP) is 3.01. The van der Waals surface area contributed by atoms with E-state index in [0.29, 0.717) is 37.6 Å². The normalized spacial score (nSPS) is 18.3. The molecule has 1 N–H and O–H groups in total. The van der Waals surface area contributed by atoms with E-state index >= 15 is 0 Å². The van der Waals surface area contributed by atoms with Gasteiger partial charge < -0.3 is 19.5 Å². The van der Waals surface area contributed by atoms with E-state index in [-0.39, 0.29) is 17.5 Å². The zero-order chi connectivity index (χ0) is 17.6. The summed E-state index contributed by atoms with van der Waals surface area (Å²) in [4.78, 5) is 25.5. The maximum Gasteiger partial charge on any atom is 0.337 e. The molecule has 6 nitrogen and oxygen atoms in total. The maximum absolute atomic E-state index is 11.8. The van der Waals surface area contributed by atoms with Gasteiger partial charge in [0, 0.05) is 35.8 Å². The van der Waals surface area contributed by atoms with Crippen molar-refractivity contribution < 1.29 is 24.2 Å². The molecule has 0 saturated carbocycles. The van der Waals surface area contributed by atoms with Gasteiger partial charge in [0.05, 0.1) is 24.3 Å². The molecule has 4 rings (SSSR count). The van der Waals surface area contributed by atoms with E-state index < -0.39 is 5.97 Å². The van der Waals surface area contributed by atoms with E-state index in [2.05, 4.69) is 0 Å². The number of carbonyl (C=O) groups excluding carboxylic acids is 1. The van der Waals surface area contributed by atoms with Crippen molar-refractivity contribution >= 4 is 29.0 Å². The SMILES string of the molecule is COC(=O)[C@H]1CCN(c2cc3c(cc2C(=O)O)-c2cscc2CO3)C1. The third-order valence-electron chi connectivity index (χ3n) is 4.81. The molecular formula is C18H17NO5S. The van der Waals surface area contributed by atoms with Crippen molar-refractivity contribution in [1.29, 1.82) is 0 Å². The molecule has 0 spiro atoms. The van der Waals surface area contributed by atoms with Crippen LogP contribution in [-0.2, 0) is 16.1 Å². The monoisotopic (exact) mass is 359 g/mol. The summed E-state index contributed by atoms with van der Waals surface area (Å²) in [6.45, 7) is 1.56. The number of aromatic carboxylic acids is 1. The van der Waals surface area contributed by atoms with Gasteiger partial charge >= 0.3 is 11.9 Å². The van der Waals surface area contributed by atoms with Crippen LogP contribution in [0.5, 0.6) is 5.75 Å². The van der Waals surface area contributed by atoms with Crippen molar-refractivity contribution in [2.24, 2.45) is 5.92 Å². The first-order valence-corrected chi connectivity index (χ1v) is 8.95. The van der Waals surface area contributed by atoms with Crippen molar-refractivity contribution in [2.75, 3.05) is 25.1 Å². The van der Waals surface area contributed by atoms with Crippen LogP contribution in [0.4, 0.5) is 5.69 Å². The summed E-state index contributed by atoms with van der Waals surface area (Å²) < 4.78 is 10.6. The number of carboxylic acids is 1. The van der Waals surface area contributed by atoms with E-state index in [9.17, 15) is 14.7 Å². The first-order valence-electron chi connectivity index (χ1n) is 8.01. The number of esters is 1. The standard InChI is InChI=1S/C18H17NO5S/c1-23-18(22)10-2-3-19(6-10)15-5-16-12(4-13(15)17(20)21)14-9-25-8-11(14)7-24-16/h4-5,8-10H,2-3,6-7H2,1H3,(H,20,21)/t10-/m0/s1. The van der Waals surface area contributed by atoms with E-state index in [1.165, 1.54) is 7.11 Å². The number of carbonyl (C=O) groups is 2. The number of nitrogens with zero attached hydrogens (tertiary/aromatic N) is 1. The van der Waals surface area contributed by atoms with Crippen molar-refractivity contribution in [3.05, 3.63) is 34.0 Å². The maximum atomic E-state index is 11.8. The molecular weight excluding hydrogens is 342 g/mol. The lowest BCUT2D eigenvalue weighted by molar-refractivity contribution is -0.144. The van der Waals surface area contributed by atoms with Gasteiger partial charge in [0.2, 0.25) is 0 Å². The molecule has 130 valence electrons. The van der Waals surface area contributed by atoms with Gasteiger partial charge in [-0.2, -0.15) is 11.3 Å². The van der Waals surface area contributed by atoms with Crippen LogP contribution < -0.4 is 9.64 Å². The Labute approximate surface area is 148 Å². The number of ether oxygens (including phenoxy) is 2. The summed E-state index contributed by atoms with van der Waals surface area (Å²) in [6.07, 6.45) is 0.651. The Bertz CT molecular complexity index is 859. The number of thiophene rings is 1. The minimum absolute atomic E-state index is 0.229. The summed E-state index contributed by atoms with van der Waals surface area (Å²) in [6, 6.07) is 3.47. The van der Waals surface area contributed by atoms with E-state index in [1.54, 1.807) is 23.5 Å². The van der Waals surface area contributed by atoms with E-state index in [4.69, 9.17) is 9.47 Å². The van der Waals surface area contributed by atoms with Crippen LogP contribution >= 0.6 is 11.3 Å². The van der Waals surface area contributed by atoms with Gasteiger partial charge in [-0.3, -0.25) is 4.79 Å². The van der Waals surface area contributed by atoms with Crippen LogP contribution in [0.15, 0.2) is 22.9 Å². The Hall–Kier alpha value is -2.54. The van der Waals surface area contributed by atoms with Crippen molar-refractivity contribution in [3.8, 4) is 16.9 Å². The summed E-state index contributed by atoms with van der Waals surface area (Å²) in [5.41, 5.74) is 3.75. The lowest BCUT2D eigenvalue weighted by Gasteiger charge is -2.25. The van der Waals surface area contributed by atoms with E-state index in [0.717, 1.165) is 16.7 Å². The van der Waals surface area contributed by atoms with E-state index in [1.807, 2.05) is 15.7 Å². The average Bonchev–Trinajstić information content (AvgIpc) is 3.28. The molecule has 1 saturated heterocycles. The molecule has 0 bridgehead atoms. The van der Waals surface area contributed by atoms with Gasteiger partial charge in [0.15, 0.2) is 0 Å². The number of hydrogen-bond donors (Lipinski definition) is 1. The summed E-state index contributed by atoms with van der Waals surface area (Å²) in [5, 5.41) is 13.7. The Morgan fingerprint density at radius 3 is 2.92 bits per heavy atom. The van der Waals surface area contributed by atoms with Crippen molar-refractivity contribution in [2.45, 2.75) is 13.0 Å². The molecule has 2 aliphatic heterocycles. The lowest BCUT2D eigenvalue weighted by atomic mass is 9.97. The van der Waals surface area contributed by atoms with Gasteiger partial charge in [0.1, 0.15) is 12.4 Å². The molecule has 2 aromatic rings. The number of fused-ring (bicyclic) bond motifs is 3. The molecule has 3 heterocycles. The lowest BCUT2D eigenvalue weighted by Crippen LogP contribution is -2.25. The number of benzene rings is 1. The molecule has 2 aliphatic rings. The average molecular weight is 359 g/mol. The van der Waals surface area contributed by atoms with Crippen LogP contribution in [0.2, 0.25) is 0 Å². The Morgan fingerprint density at radius 2 is 2.16 bits per heavy atom. The Morgan fingerprint density at radius 1 is 1.32 bits per heavy atom. The zero-order valence-electron chi connectivity index (χ0n) is 13.7. The highest BCUT2D eigenvalue weighted by Gasteiger charge is 2.32. The third kappa shape index (κ3) is 2.64. The van der Waals surface area contributed by atoms with Gasteiger partial charge in [0.25, 0.3) is 0 Å². The second kappa shape index (κ2) is 6.07. The number of carboxylic acid groups (broad SMARTS) is 1. The molecule has 1 fully saturated rings. The fraction of sp³-hybridized carbons (Fsp3) is 0.333. The molecule has 0 radical (unpaired) electrons. The number of methoxy groups -OCH3 is 1. The number of hydrogen-bond acceptors (Lipinski definition) is 6. The molecule has 0 amide bonds. The smallest absolute Gasteiger partial charge is 0.337 e.